The Hall–Kier alpha value is -2.76. The Labute approximate surface area is 132 Å². The van der Waals surface area contributed by atoms with Gasteiger partial charge >= 0.3 is 12.0 Å². The summed E-state index contributed by atoms with van der Waals surface area (Å²) in [4.78, 5) is 14.3. The molecule has 0 bridgehead atoms. The van der Waals surface area contributed by atoms with Gasteiger partial charge in [0.05, 0.1) is 5.69 Å². The van der Waals surface area contributed by atoms with Crippen molar-refractivity contribution in [1.82, 2.24) is 4.90 Å². The third kappa shape index (κ3) is 2.36. The molecule has 0 aromatic heterocycles. The van der Waals surface area contributed by atoms with Gasteiger partial charge in [-0.15, -0.1) is 0 Å². The van der Waals surface area contributed by atoms with Crippen molar-refractivity contribution in [2.45, 2.75) is 12.0 Å². The predicted octanol–water partition coefficient (Wildman–Crippen LogP) is 3.91. The molecule has 3 rings (SSSR count). The van der Waals surface area contributed by atoms with E-state index in [0.29, 0.717) is 5.56 Å². The van der Waals surface area contributed by atoms with Crippen molar-refractivity contribution in [1.29, 1.82) is 5.41 Å². The second kappa shape index (κ2) is 5.46. The molecular formula is C17H15F2N3O. The molecule has 0 aliphatic carbocycles. The largest absolute Gasteiger partial charge is 0.330 e. The van der Waals surface area contributed by atoms with Gasteiger partial charge < -0.3 is 4.90 Å². The quantitative estimate of drug-likeness (QED) is 0.897. The molecule has 6 heteroatoms. The van der Waals surface area contributed by atoms with Crippen LogP contribution in [0.1, 0.15) is 11.6 Å². The fourth-order valence-electron chi connectivity index (χ4n) is 2.77. The molecule has 2 aromatic carbocycles. The number of carbonyl (C=O) groups excluding carboxylic acids is 1. The van der Waals surface area contributed by atoms with Gasteiger partial charge in [-0.2, -0.15) is 8.78 Å². The molecule has 1 fully saturated rings. The van der Waals surface area contributed by atoms with Crippen molar-refractivity contribution < 1.29 is 13.6 Å². The highest BCUT2D eigenvalue weighted by atomic mass is 19.3. The lowest BCUT2D eigenvalue weighted by molar-refractivity contribution is -0.0126. The summed E-state index contributed by atoms with van der Waals surface area (Å²) in [5.41, 5.74) is 0.548. The number of para-hydroxylation sites is 1. The summed E-state index contributed by atoms with van der Waals surface area (Å²) in [7, 11) is 1.33. The number of benzene rings is 2. The zero-order valence-electron chi connectivity index (χ0n) is 12.4. The zero-order chi connectivity index (χ0) is 16.6. The van der Waals surface area contributed by atoms with Crippen LogP contribution in [-0.4, -0.2) is 29.7 Å². The van der Waals surface area contributed by atoms with Gasteiger partial charge in [-0.1, -0.05) is 48.5 Å². The van der Waals surface area contributed by atoms with Crippen LogP contribution >= 0.6 is 0 Å². The number of nitrogens with one attached hydrogen (secondary N) is 1. The van der Waals surface area contributed by atoms with E-state index in [1.165, 1.54) is 31.3 Å². The Kier molecular flexibility index (Phi) is 3.60. The lowest BCUT2D eigenvalue weighted by atomic mass is 9.95. The van der Waals surface area contributed by atoms with E-state index >= 15 is 0 Å². The fourth-order valence-corrected chi connectivity index (χ4v) is 2.77. The van der Waals surface area contributed by atoms with Crippen molar-refractivity contribution in [3.05, 3.63) is 66.2 Å². The summed E-state index contributed by atoms with van der Waals surface area (Å²) in [5, 5.41) is 7.91. The van der Waals surface area contributed by atoms with E-state index in [0.717, 1.165) is 9.80 Å². The molecule has 0 saturated carbocycles. The van der Waals surface area contributed by atoms with Crippen molar-refractivity contribution in [2.24, 2.45) is 0 Å². The van der Waals surface area contributed by atoms with Crippen LogP contribution in [0.4, 0.5) is 19.3 Å². The minimum atomic E-state index is -3.50. The summed E-state index contributed by atoms with van der Waals surface area (Å²) in [6.07, 6.45) is 0. The number of anilines is 1. The lowest BCUT2D eigenvalue weighted by Crippen LogP contribution is -2.62. The molecule has 1 N–H and O–H groups in total. The number of alkyl halides is 2. The Morgan fingerprint density at radius 1 is 1.00 bits per heavy atom. The minimum absolute atomic E-state index is 0.250. The Morgan fingerprint density at radius 3 is 2.09 bits per heavy atom. The highest BCUT2D eigenvalue weighted by Gasteiger charge is 2.56. The van der Waals surface area contributed by atoms with E-state index in [4.69, 9.17) is 5.41 Å². The molecule has 1 aliphatic rings. The molecule has 118 valence electrons. The Bertz CT molecular complexity index is 734. The third-order valence-corrected chi connectivity index (χ3v) is 3.89. The van der Waals surface area contributed by atoms with E-state index in [-0.39, 0.29) is 5.69 Å². The monoisotopic (exact) mass is 315 g/mol. The van der Waals surface area contributed by atoms with Crippen LogP contribution in [0, 0.1) is 5.41 Å². The van der Waals surface area contributed by atoms with Gasteiger partial charge in [0.25, 0.3) is 0 Å². The second-order valence-corrected chi connectivity index (χ2v) is 5.35. The number of amides is 2. The maximum atomic E-state index is 14.8. The normalized spacial score (nSPS) is 20.7. The van der Waals surface area contributed by atoms with E-state index in [9.17, 15) is 13.6 Å². The van der Waals surface area contributed by atoms with Crippen LogP contribution in [0.25, 0.3) is 0 Å². The molecule has 23 heavy (non-hydrogen) atoms. The minimum Gasteiger partial charge on any atom is -0.313 e. The van der Waals surface area contributed by atoms with Crippen LogP contribution in [0.15, 0.2) is 60.7 Å². The summed E-state index contributed by atoms with van der Waals surface area (Å²) >= 11 is 0. The predicted molar refractivity (Wildman–Crippen MR) is 83.9 cm³/mol. The average molecular weight is 315 g/mol. The van der Waals surface area contributed by atoms with Crippen molar-refractivity contribution in [3.8, 4) is 0 Å². The van der Waals surface area contributed by atoms with Gasteiger partial charge in [0, 0.05) is 7.05 Å². The summed E-state index contributed by atoms with van der Waals surface area (Å²) in [5.74, 6) is -4.51. The first-order valence-electron chi connectivity index (χ1n) is 7.08. The maximum absolute atomic E-state index is 14.8. The molecule has 1 atom stereocenters. The zero-order valence-corrected chi connectivity index (χ0v) is 12.4. The number of rotatable bonds is 2. The maximum Gasteiger partial charge on any atom is 0.330 e. The van der Waals surface area contributed by atoms with Gasteiger partial charge in [-0.25, -0.2) is 9.69 Å². The smallest absolute Gasteiger partial charge is 0.313 e. The van der Waals surface area contributed by atoms with Crippen molar-refractivity contribution in [3.63, 3.8) is 0 Å². The summed E-state index contributed by atoms with van der Waals surface area (Å²) in [6, 6.07) is 14.0. The number of hydrogen-bond acceptors (Lipinski definition) is 2. The van der Waals surface area contributed by atoms with Crippen LogP contribution in [0.3, 0.4) is 0 Å². The first-order valence-corrected chi connectivity index (χ1v) is 7.08. The SMILES string of the molecule is CN1C(=O)N(c2ccccc2)C(=N)C(F)(F)C1c1ccccc1. The average Bonchev–Trinajstić information content (AvgIpc) is 2.55. The number of halogens is 2. The highest BCUT2D eigenvalue weighted by molar-refractivity contribution is 6.20. The Balaban J connectivity index is 2.07. The number of hydrogen-bond donors (Lipinski definition) is 1. The number of amidine groups is 1. The number of urea groups is 1. The summed E-state index contributed by atoms with van der Waals surface area (Å²) in [6.45, 7) is 0. The Morgan fingerprint density at radius 2 is 1.52 bits per heavy atom. The van der Waals surface area contributed by atoms with Crippen LogP contribution in [0.2, 0.25) is 0 Å². The molecule has 1 aliphatic heterocycles. The molecule has 2 amide bonds. The molecule has 0 spiro atoms. The number of nitrogens with zero attached hydrogens (tertiary/aromatic N) is 2. The topological polar surface area (TPSA) is 47.4 Å². The first-order chi connectivity index (χ1) is 10.9. The summed E-state index contributed by atoms with van der Waals surface area (Å²) < 4.78 is 29.7. The van der Waals surface area contributed by atoms with E-state index in [1.807, 2.05) is 0 Å². The van der Waals surface area contributed by atoms with E-state index < -0.39 is 23.8 Å². The molecule has 2 aromatic rings. The highest BCUT2D eigenvalue weighted by Crippen LogP contribution is 2.42. The van der Waals surface area contributed by atoms with Crippen molar-refractivity contribution in [2.75, 3.05) is 11.9 Å². The third-order valence-electron chi connectivity index (χ3n) is 3.89. The number of carbonyl (C=O) groups is 1. The van der Waals surface area contributed by atoms with E-state index in [2.05, 4.69) is 0 Å². The van der Waals surface area contributed by atoms with Gasteiger partial charge in [-0.3, -0.25) is 5.41 Å². The molecular weight excluding hydrogens is 300 g/mol. The van der Waals surface area contributed by atoms with Crippen LogP contribution in [-0.2, 0) is 0 Å². The lowest BCUT2D eigenvalue weighted by Gasteiger charge is -2.44. The molecule has 1 saturated heterocycles. The molecule has 4 nitrogen and oxygen atoms in total. The molecule has 1 heterocycles. The van der Waals surface area contributed by atoms with Crippen LogP contribution < -0.4 is 4.90 Å². The second-order valence-electron chi connectivity index (χ2n) is 5.35. The molecule has 1 unspecified atom stereocenters. The van der Waals surface area contributed by atoms with Crippen LogP contribution in [0.5, 0.6) is 0 Å². The first kappa shape index (κ1) is 15.1. The van der Waals surface area contributed by atoms with Crippen molar-refractivity contribution >= 4 is 17.6 Å². The molecule has 0 radical (unpaired) electrons. The van der Waals surface area contributed by atoms with E-state index in [1.54, 1.807) is 36.4 Å². The van der Waals surface area contributed by atoms with Gasteiger partial charge in [-0.05, 0) is 17.7 Å². The fraction of sp³-hybridized carbons (Fsp3) is 0.176. The van der Waals surface area contributed by atoms with Gasteiger partial charge in [0.1, 0.15) is 6.04 Å². The standard InChI is InChI=1S/C17H15F2N3O/c1-21-14(12-8-4-2-5-9-12)17(18,19)15(20)22(16(21)23)13-10-6-3-7-11-13/h2-11,14,20H,1H3. The van der Waals surface area contributed by atoms with Gasteiger partial charge in [0.15, 0.2) is 5.84 Å². The van der Waals surface area contributed by atoms with Gasteiger partial charge in [0.2, 0.25) is 0 Å².